The van der Waals surface area contributed by atoms with Crippen LogP contribution in [0.4, 0.5) is 57.1 Å². The summed E-state index contributed by atoms with van der Waals surface area (Å²) in [5, 5.41) is 0. The number of hydrogen-bond acceptors (Lipinski definition) is 2. The number of rotatable bonds is 11. The van der Waals surface area contributed by atoms with Gasteiger partial charge in [0.2, 0.25) is 0 Å². The lowest BCUT2D eigenvalue weighted by molar-refractivity contribution is -0.440. The summed E-state index contributed by atoms with van der Waals surface area (Å²) in [6, 6.07) is 0. The summed E-state index contributed by atoms with van der Waals surface area (Å²) < 4.78 is 174. The predicted molar refractivity (Wildman–Crippen MR) is 75.1 cm³/mol. The standard InChI is InChI=1S/C15H17F13O2/c1-3-5-6-8(9(29)30-4-2)7-10(16,17)11(18,19)12(20,21)13(22,23)14(24,25)15(26,27)28/h8H,3-7H2,1-2H3. The first kappa shape index (κ1) is 28.6. The normalized spacial score (nSPS) is 15.8. The first-order valence-corrected chi connectivity index (χ1v) is 8.28. The third-order valence-electron chi connectivity index (χ3n) is 4.03. The van der Waals surface area contributed by atoms with E-state index in [1.165, 1.54) is 6.92 Å². The van der Waals surface area contributed by atoms with Crippen LogP contribution in [-0.2, 0) is 9.53 Å². The van der Waals surface area contributed by atoms with Crippen molar-refractivity contribution in [3.63, 3.8) is 0 Å². The minimum absolute atomic E-state index is 0.107. The van der Waals surface area contributed by atoms with Crippen molar-refractivity contribution in [3.8, 4) is 0 Å². The van der Waals surface area contributed by atoms with Crippen LogP contribution in [0.5, 0.6) is 0 Å². The van der Waals surface area contributed by atoms with Crippen molar-refractivity contribution >= 4 is 5.97 Å². The highest BCUT2D eigenvalue weighted by molar-refractivity contribution is 5.72. The molecule has 0 aromatic carbocycles. The van der Waals surface area contributed by atoms with E-state index in [1.807, 2.05) is 0 Å². The summed E-state index contributed by atoms with van der Waals surface area (Å²) in [6.45, 7) is 2.15. The Bertz CT molecular complexity index is 584. The van der Waals surface area contributed by atoms with E-state index in [9.17, 15) is 61.9 Å². The van der Waals surface area contributed by atoms with E-state index in [1.54, 1.807) is 0 Å². The second-order valence-electron chi connectivity index (χ2n) is 6.30. The van der Waals surface area contributed by atoms with Crippen LogP contribution in [0.15, 0.2) is 0 Å². The Hall–Kier alpha value is -1.44. The number of ether oxygens (including phenoxy) is 1. The van der Waals surface area contributed by atoms with Gasteiger partial charge in [-0.2, -0.15) is 57.1 Å². The van der Waals surface area contributed by atoms with Crippen molar-refractivity contribution in [1.82, 2.24) is 0 Å². The van der Waals surface area contributed by atoms with Gasteiger partial charge in [0.05, 0.1) is 12.5 Å². The van der Waals surface area contributed by atoms with Gasteiger partial charge < -0.3 is 4.74 Å². The average Bonchev–Trinajstić information content (AvgIpc) is 2.56. The number of hydrogen-bond donors (Lipinski definition) is 0. The van der Waals surface area contributed by atoms with Gasteiger partial charge in [0.1, 0.15) is 0 Å². The van der Waals surface area contributed by atoms with Crippen molar-refractivity contribution in [1.29, 1.82) is 0 Å². The molecule has 30 heavy (non-hydrogen) atoms. The van der Waals surface area contributed by atoms with Crippen molar-refractivity contribution < 1.29 is 66.6 Å². The van der Waals surface area contributed by atoms with Crippen LogP contribution < -0.4 is 0 Å². The number of esters is 1. The lowest BCUT2D eigenvalue weighted by Gasteiger charge is -2.40. The Morgan fingerprint density at radius 1 is 0.733 bits per heavy atom. The number of unbranched alkanes of at least 4 members (excludes halogenated alkanes) is 1. The Morgan fingerprint density at radius 2 is 1.17 bits per heavy atom. The lowest BCUT2D eigenvalue weighted by atomic mass is 9.87. The summed E-state index contributed by atoms with van der Waals surface area (Å²) in [6.07, 6.45) is -10.6. The van der Waals surface area contributed by atoms with Crippen molar-refractivity contribution in [2.24, 2.45) is 5.92 Å². The first-order chi connectivity index (χ1) is 13.2. The van der Waals surface area contributed by atoms with Crippen molar-refractivity contribution in [2.75, 3.05) is 6.61 Å². The Kier molecular flexibility index (Phi) is 8.54. The molecule has 1 atom stereocenters. The molecular formula is C15H17F13O2. The van der Waals surface area contributed by atoms with Crippen LogP contribution in [0.2, 0.25) is 0 Å². The summed E-state index contributed by atoms with van der Waals surface area (Å²) in [7, 11) is 0. The fourth-order valence-corrected chi connectivity index (χ4v) is 2.25. The smallest absolute Gasteiger partial charge is 0.460 e. The monoisotopic (exact) mass is 476 g/mol. The summed E-state index contributed by atoms with van der Waals surface area (Å²) >= 11 is 0. The zero-order valence-electron chi connectivity index (χ0n) is 15.3. The minimum Gasteiger partial charge on any atom is -0.466 e. The fourth-order valence-electron chi connectivity index (χ4n) is 2.25. The molecule has 0 bridgehead atoms. The van der Waals surface area contributed by atoms with Gasteiger partial charge in [-0.25, -0.2) is 0 Å². The molecule has 0 spiro atoms. The molecule has 2 nitrogen and oxygen atoms in total. The van der Waals surface area contributed by atoms with E-state index in [4.69, 9.17) is 0 Å². The maximum Gasteiger partial charge on any atom is 0.460 e. The van der Waals surface area contributed by atoms with Gasteiger partial charge >= 0.3 is 41.8 Å². The third kappa shape index (κ3) is 4.89. The maximum atomic E-state index is 13.9. The van der Waals surface area contributed by atoms with E-state index in [-0.39, 0.29) is 12.8 Å². The van der Waals surface area contributed by atoms with Gasteiger partial charge in [-0.05, 0) is 13.3 Å². The van der Waals surface area contributed by atoms with Gasteiger partial charge in [-0.15, -0.1) is 0 Å². The number of carbonyl (C=O) groups excluding carboxylic acids is 1. The molecule has 0 heterocycles. The minimum atomic E-state index is -7.95. The van der Waals surface area contributed by atoms with Crippen molar-refractivity contribution in [2.45, 2.75) is 75.3 Å². The molecule has 0 fully saturated rings. The third-order valence-corrected chi connectivity index (χ3v) is 4.03. The molecule has 0 rings (SSSR count). The van der Waals surface area contributed by atoms with Crippen LogP contribution >= 0.6 is 0 Å². The first-order valence-electron chi connectivity index (χ1n) is 8.28. The fraction of sp³-hybridized carbons (Fsp3) is 0.933. The largest absolute Gasteiger partial charge is 0.466 e. The molecule has 0 radical (unpaired) electrons. The second-order valence-corrected chi connectivity index (χ2v) is 6.30. The molecule has 0 saturated heterocycles. The molecule has 0 aromatic heterocycles. The number of carbonyl (C=O) groups is 1. The quantitative estimate of drug-likeness (QED) is 0.252. The Labute approximate surface area is 161 Å². The zero-order chi connectivity index (χ0) is 24.4. The second kappa shape index (κ2) is 8.97. The molecule has 0 aromatic rings. The van der Waals surface area contributed by atoms with Gasteiger partial charge in [-0.1, -0.05) is 19.8 Å². The topological polar surface area (TPSA) is 26.3 Å². The predicted octanol–water partition coefficient (Wildman–Crippen LogP) is 6.48. The zero-order valence-corrected chi connectivity index (χ0v) is 15.3. The summed E-state index contributed by atoms with van der Waals surface area (Å²) in [5.41, 5.74) is 0. The van der Waals surface area contributed by atoms with Gasteiger partial charge in [0, 0.05) is 6.42 Å². The highest BCUT2D eigenvalue weighted by Crippen LogP contribution is 2.61. The summed E-state index contributed by atoms with van der Waals surface area (Å²) in [5.74, 6) is -41.1. The lowest BCUT2D eigenvalue weighted by Crippen LogP contribution is -2.70. The molecule has 15 heteroatoms. The average molecular weight is 476 g/mol. The molecule has 0 aliphatic rings. The summed E-state index contributed by atoms with van der Waals surface area (Å²) in [4.78, 5) is 11.6. The van der Waals surface area contributed by atoms with E-state index >= 15 is 0 Å². The molecule has 0 amide bonds. The SMILES string of the molecule is CCCCC(CC(F)(F)C(F)(F)C(F)(F)C(F)(F)C(F)(F)C(F)(F)F)C(=O)OCC. The van der Waals surface area contributed by atoms with Gasteiger partial charge in [-0.3, -0.25) is 4.79 Å². The Balaban J connectivity index is 6.17. The molecule has 0 aliphatic carbocycles. The van der Waals surface area contributed by atoms with E-state index in [2.05, 4.69) is 4.74 Å². The highest BCUT2D eigenvalue weighted by atomic mass is 19.4. The highest BCUT2D eigenvalue weighted by Gasteiger charge is 2.90. The Morgan fingerprint density at radius 3 is 1.53 bits per heavy atom. The maximum absolute atomic E-state index is 13.9. The molecule has 0 aliphatic heterocycles. The molecular weight excluding hydrogens is 459 g/mol. The van der Waals surface area contributed by atoms with Crippen LogP contribution in [0.1, 0.15) is 39.5 Å². The molecule has 1 unspecified atom stereocenters. The van der Waals surface area contributed by atoms with Crippen molar-refractivity contribution in [3.05, 3.63) is 0 Å². The van der Waals surface area contributed by atoms with E-state index < -0.39 is 67.1 Å². The van der Waals surface area contributed by atoms with Crippen LogP contribution in [0, 0.1) is 5.92 Å². The molecule has 0 saturated carbocycles. The molecule has 0 N–H and O–H groups in total. The van der Waals surface area contributed by atoms with Gasteiger partial charge in [0.25, 0.3) is 0 Å². The number of halogens is 13. The van der Waals surface area contributed by atoms with Crippen LogP contribution in [-0.4, -0.2) is 48.4 Å². The van der Waals surface area contributed by atoms with Crippen LogP contribution in [0.3, 0.4) is 0 Å². The van der Waals surface area contributed by atoms with Gasteiger partial charge in [0.15, 0.2) is 0 Å². The van der Waals surface area contributed by atoms with E-state index in [0.29, 0.717) is 0 Å². The van der Waals surface area contributed by atoms with E-state index in [0.717, 1.165) is 6.92 Å². The van der Waals surface area contributed by atoms with Crippen LogP contribution in [0.25, 0.3) is 0 Å². The number of alkyl halides is 13. The molecule has 180 valence electrons.